The molecule has 0 aromatic heterocycles. The molecule has 22 heavy (non-hydrogen) atoms. The fraction of sp³-hybridized carbons (Fsp3) is 0.625. The first kappa shape index (κ1) is 16.2. The minimum absolute atomic E-state index is 0.0897. The molecule has 2 atom stereocenters. The number of halogens is 1. The number of hydrogen-bond donors (Lipinski definition) is 0. The van der Waals surface area contributed by atoms with Crippen molar-refractivity contribution < 1.29 is 17.3 Å². The van der Waals surface area contributed by atoms with Crippen LogP contribution in [0.2, 0.25) is 5.02 Å². The standard InChI is InChI=1S/C16H21ClO4S/c1-14(2)8-9-15(10-12-4-6-13(17)7-5-12)16(14,21-15)11-20-22(3,18)19/h4-7H,8-11H2,1-3H3. The van der Waals surface area contributed by atoms with Crippen molar-refractivity contribution in [2.75, 3.05) is 12.9 Å². The van der Waals surface area contributed by atoms with Crippen LogP contribution >= 0.6 is 11.6 Å². The Morgan fingerprint density at radius 3 is 2.45 bits per heavy atom. The van der Waals surface area contributed by atoms with E-state index in [0.29, 0.717) is 5.02 Å². The molecule has 2 aliphatic rings. The van der Waals surface area contributed by atoms with Crippen LogP contribution in [0.25, 0.3) is 0 Å². The molecule has 1 saturated heterocycles. The van der Waals surface area contributed by atoms with Gasteiger partial charge in [0.15, 0.2) is 0 Å². The molecular formula is C16H21ClO4S. The number of fused-ring (bicyclic) bond motifs is 1. The summed E-state index contributed by atoms with van der Waals surface area (Å²) in [6.07, 6.45) is 3.74. The van der Waals surface area contributed by atoms with Gasteiger partial charge in [0.2, 0.25) is 0 Å². The number of benzene rings is 1. The maximum absolute atomic E-state index is 11.4. The topological polar surface area (TPSA) is 55.9 Å². The van der Waals surface area contributed by atoms with Gasteiger partial charge < -0.3 is 4.74 Å². The van der Waals surface area contributed by atoms with Crippen LogP contribution in [0.5, 0.6) is 0 Å². The fourth-order valence-corrected chi connectivity index (χ4v) is 4.28. The summed E-state index contributed by atoms with van der Waals surface area (Å²) < 4.78 is 34.0. The molecule has 0 N–H and O–H groups in total. The van der Waals surface area contributed by atoms with Crippen LogP contribution in [0.3, 0.4) is 0 Å². The third-order valence-corrected chi connectivity index (χ3v) is 5.99. The SMILES string of the molecule is CC1(C)CCC2(Cc3ccc(Cl)cc3)OC12COS(C)(=O)=O. The molecule has 0 spiro atoms. The summed E-state index contributed by atoms with van der Waals surface area (Å²) in [5.74, 6) is 0. The number of hydrogen-bond acceptors (Lipinski definition) is 4. The minimum Gasteiger partial charge on any atom is -0.359 e. The highest BCUT2D eigenvalue weighted by atomic mass is 35.5. The summed E-state index contributed by atoms with van der Waals surface area (Å²) in [7, 11) is -3.48. The summed E-state index contributed by atoms with van der Waals surface area (Å²) in [6.45, 7) is 4.33. The van der Waals surface area contributed by atoms with Crippen molar-refractivity contribution >= 4 is 21.7 Å². The summed E-state index contributed by atoms with van der Waals surface area (Å²) in [5, 5.41) is 0.705. The van der Waals surface area contributed by atoms with Crippen LogP contribution in [0, 0.1) is 5.41 Å². The zero-order valence-electron chi connectivity index (χ0n) is 13.1. The maximum Gasteiger partial charge on any atom is 0.264 e. The molecule has 2 unspecified atom stereocenters. The van der Waals surface area contributed by atoms with Gasteiger partial charge in [-0.15, -0.1) is 0 Å². The van der Waals surface area contributed by atoms with Crippen molar-refractivity contribution in [1.82, 2.24) is 0 Å². The molecule has 6 heteroatoms. The second-order valence-electron chi connectivity index (χ2n) is 7.08. The van der Waals surface area contributed by atoms with Crippen LogP contribution in [0.15, 0.2) is 24.3 Å². The van der Waals surface area contributed by atoms with E-state index < -0.39 is 15.7 Å². The highest BCUT2D eigenvalue weighted by Gasteiger charge is 2.79. The predicted octanol–water partition coefficient (Wildman–Crippen LogP) is 3.19. The zero-order chi connectivity index (χ0) is 16.2. The van der Waals surface area contributed by atoms with E-state index in [1.165, 1.54) is 0 Å². The van der Waals surface area contributed by atoms with E-state index >= 15 is 0 Å². The van der Waals surface area contributed by atoms with E-state index in [9.17, 15) is 8.42 Å². The molecular weight excluding hydrogens is 324 g/mol. The minimum atomic E-state index is -3.48. The Morgan fingerprint density at radius 1 is 1.23 bits per heavy atom. The molecule has 4 nitrogen and oxygen atoms in total. The third-order valence-electron chi connectivity index (χ3n) is 5.19. The first-order valence-corrected chi connectivity index (χ1v) is 9.58. The second-order valence-corrected chi connectivity index (χ2v) is 9.16. The summed E-state index contributed by atoms with van der Waals surface area (Å²) in [6, 6.07) is 7.72. The zero-order valence-corrected chi connectivity index (χ0v) is 14.6. The highest BCUT2D eigenvalue weighted by Crippen LogP contribution is 2.69. The molecule has 1 heterocycles. The Hall–Kier alpha value is -0.620. The van der Waals surface area contributed by atoms with Crippen LogP contribution in [-0.2, 0) is 25.5 Å². The molecule has 1 saturated carbocycles. The number of rotatable bonds is 5. The van der Waals surface area contributed by atoms with Gasteiger partial charge in [0, 0.05) is 11.4 Å². The van der Waals surface area contributed by atoms with Gasteiger partial charge in [0.25, 0.3) is 10.1 Å². The molecule has 1 aliphatic carbocycles. The van der Waals surface area contributed by atoms with Gasteiger partial charge in [0.05, 0.1) is 12.9 Å². The molecule has 1 aromatic carbocycles. The van der Waals surface area contributed by atoms with Crippen LogP contribution in [-0.4, -0.2) is 32.5 Å². The molecule has 0 radical (unpaired) electrons. The van der Waals surface area contributed by atoms with E-state index in [-0.39, 0.29) is 17.6 Å². The van der Waals surface area contributed by atoms with Crippen LogP contribution in [0.4, 0.5) is 0 Å². The Bertz CT molecular complexity index is 683. The summed E-state index contributed by atoms with van der Waals surface area (Å²) >= 11 is 5.93. The van der Waals surface area contributed by atoms with Gasteiger partial charge in [0.1, 0.15) is 11.2 Å². The van der Waals surface area contributed by atoms with Crippen molar-refractivity contribution in [3.05, 3.63) is 34.9 Å². The van der Waals surface area contributed by atoms with Crippen molar-refractivity contribution in [3.8, 4) is 0 Å². The number of epoxide rings is 1. The lowest BCUT2D eigenvalue weighted by Crippen LogP contribution is -2.39. The Morgan fingerprint density at radius 2 is 1.86 bits per heavy atom. The number of ether oxygens (including phenoxy) is 1. The monoisotopic (exact) mass is 344 g/mol. The molecule has 0 bridgehead atoms. The lowest BCUT2D eigenvalue weighted by molar-refractivity contribution is 0.0705. The lowest BCUT2D eigenvalue weighted by Gasteiger charge is -2.27. The van der Waals surface area contributed by atoms with Gasteiger partial charge in [-0.2, -0.15) is 8.42 Å². The van der Waals surface area contributed by atoms with Crippen LogP contribution < -0.4 is 0 Å². The third kappa shape index (κ3) is 2.58. The van der Waals surface area contributed by atoms with Gasteiger partial charge in [-0.3, -0.25) is 4.18 Å². The van der Waals surface area contributed by atoms with E-state index in [4.69, 9.17) is 20.5 Å². The van der Waals surface area contributed by atoms with Crippen molar-refractivity contribution in [2.45, 2.75) is 44.3 Å². The van der Waals surface area contributed by atoms with E-state index in [0.717, 1.165) is 31.1 Å². The van der Waals surface area contributed by atoms with Crippen LogP contribution in [0.1, 0.15) is 32.3 Å². The summed E-state index contributed by atoms with van der Waals surface area (Å²) in [4.78, 5) is 0. The normalized spacial score (nSPS) is 32.7. The molecule has 0 amide bonds. The van der Waals surface area contributed by atoms with Crippen molar-refractivity contribution in [1.29, 1.82) is 0 Å². The summed E-state index contributed by atoms with van der Waals surface area (Å²) in [5.41, 5.74) is 0.185. The Labute approximate surface area is 136 Å². The van der Waals surface area contributed by atoms with Crippen molar-refractivity contribution in [3.63, 3.8) is 0 Å². The first-order chi connectivity index (χ1) is 10.1. The van der Waals surface area contributed by atoms with Gasteiger partial charge in [-0.1, -0.05) is 37.6 Å². The second kappa shape index (κ2) is 4.94. The largest absolute Gasteiger partial charge is 0.359 e. The fourth-order valence-electron chi connectivity index (χ4n) is 3.78. The molecule has 3 rings (SSSR count). The average molecular weight is 345 g/mol. The Kier molecular flexibility index (Phi) is 3.64. The van der Waals surface area contributed by atoms with Gasteiger partial charge in [-0.25, -0.2) is 0 Å². The molecule has 1 aromatic rings. The van der Waals surface area contributed by atoms with E-state index in [1.54, 1.807) is 0 Å². The molecule has 1 aliphatic heterocycles. The smallest absolute Gasteiger partial charge is 0.264 e. The molecule has 2 fully saturated rings. The highest BCUT2D eigenvalue weighted by molar-refractivity contribution is 7.85. The molecule has 122 valence electrons. The quantitative estimate of drug-likeness (QED) is 0.608. The van der Waals surface area contributed by atoms with Crippen molar-refractivity contribution in [2.24, 2.45) is 5.41 Å². The maximum atomic E-state index is 11.4. The Balaban J connectivity index is 1.83. The van der Waals surface area contributed by atoms with Gasteiger partial charge in [-0.05, 0) is 36.0 Å². The van der Waals surface area contributed by atoms with E-state index in [2.05, 4.69) is 13.8 Å². The first-order valence-electron chi connectivity index (χ1n) is 7.38. The lowest BCUT2D eigenvalue weighted by atomic mass is 9.77. The predicted molar refractivity (Wildman–Crippen MR) is 85.5 cm³/mol. The van der Waals surface area contributed by atoms with E-state index in [1.807, 2.05) is 24.3 Å². The van der Waals surface area contributed by atoms with Gasteiger partial charge >= 0.3 is 0 Å². The average Bonchev–Trinajstić information content (AvgIpc) is 3.01.